The zero-order valence-electron chi connectivity index (χ0n) is 10.8. The second kappa shape index (κ2) is 6.23. The van der Waals surface area contributed by atoms with E-state index in [4.69, 9.17) is 0 Å². The number of H-pyrrole nitrogens is 1. The van der Waals surface area contributed by atoms with Crippen molar-refractivity contribution in [3.8, 4) is 0 Å². The Morgan fingerprint density at radius 1 is 1.32 bits per heavy atom. The highest BCUT2D eigenvalue weighted by atomic mass is 19.4. The maximum Gasteiger partial charge on any atom is 0.471 e. The van der Waals surface area contributed by atoms with Gasteiger partial charge in [0.25, 0.3) is 0 Å². The molecule has 0 radical (unpaired) electrons. The second-order valence-electron chi connectivity index (χ2n) is 3.98. The number of methoxy groups -OCH3 is 1. The Labute approximate surface area is 118 Å². The van der Waals surface area contributed by atoms with E-state index in [1.807, 2.05) is 0 Å². The number of ether oxygens (including phenoxy) is 1. The summed E-state index contributed by atoms with van der Waals surface area (Å²) >= 11 is 0. The molecule has 0 aliphatic rings. The molecule has 0 bridgehead atoms. The zero-order chi connectivity index (χ0) is 17.1. The normalized spacial score (nSPS) is 13.6. The van der Waals surface area contributed by atoms with Gasteiger partial charge in [-0.05, 0) is 0 Å². The molecule has 22 heavy (non-hydrogen) atoms. The fourth-order valence-electron chi connectivity index (χ4n) is 1.50. The van der Waals surface area contributed by atoms with Crippen molar-refractivity contribution in [2.75, 3.05) is 7.11 Å². The number of nitrogens with one attached hydrogen (secondary N) is 2. The minimum atomic E-state index is -5.30. The van der Waals surface area contributed by atoms with Gasteiger partial charge in [-0.15, -0.1) is 0 Å². The van der Waals surface area contributed by atoms with Crippen molar-refractivity contribution in [2.45, 2.75) is 24.8 Å². The van der Waals surface area contributed by atoms with Gasteiger partial charge in [-0.1, -0.05) is 0 Å². The predicted octanol–water partition coefficient (Wildman–Crippen LogP) is 1.19. The smallest absolute Gasteiger partial charge is 0.467 e. The third-order valence-corrected chi connectivity index (χ3v) is 2.44. The van der Waals surface area contributed by atoms with Gasteiger partial charge in [0, 0.05) is 12.1 Å². The van der Waals surface area contributed by atoms with Crippen molar-refractivity contribution >= 4 is 11.9 Å². The fourth-order valence-corrected chi connectivity index (χ4v) is 1.50. The number of hydrogen-bond acceptors (Lipinski definition) is 4. The Kier molecular flexibility index (Phi) is 5.04. The first-order chi connectivity index (χ1) is 9.96. The Morgan fingerprint density at radius 2 is 1.91 bits per heavy atom. The van der Waals surface area contributed by atoms with Gasteiger partial charge in [0.15, 0.2) is 5.69 Å². The average molecular weight is 333 g/mol. The van der Waals surface area contributed by atoms with Crippen molar-refractivity contribution in [3.05, 3.63) is 17.7 Å². The molecule has 0 saturated heterocycles. The van der Waals surface area contributed by atoms with Crippen molar-refractivity contribution in [2.24, 2.45) is 0 Å². The van der Waals surface area contributed by atoms with E-state index >= 15 is 0 Å². The number of nitrogens with zero attached hydrogens (tertiary/aromatic N) is 1. The fraction of sp³-hybridized carbons (Fsp3) is 0.500. The maximum absolute atomic E-state index is 12.6. The summed E-state index contributed by atoms with van der Waals surface area (Å²) in [6.45, 7) is 0. The number of amides is 1. The lowest BCUT2D eigenvalue weighted by atomic mass is 10.1. The second-order valence-corrected chi connectivity index (χ2v) is 3.98. The number of aromatic amines is 1. The monoisotopic (exact) mass is 333 g/mol. The number of carbonyl (C=O) groups is 2. The summed E-state index contributed by atoms with van der Waals surface area (Å²) in [5, 5.41) is 1.27. The molecule has 6 nitrogen and oxygen atoms in total. The van der Waals surface area contributed by atoms with Gasteiger partial charge >= 0.3 is 24.2 Å². The summed E-state index contributed by atoms with van der Waals surface area (Å²) in [6, 6.07) is -1.96. The van der Waals surface area contributed by atoms with Gasteiger partial charge in [0.05, 0.1) is 13.4 Å². The summed E-state index contributed by atoms with van der Waals surface area (Å²) in [6.07, 6.45) is -10.4. The Bertz CT molecular complexity index is 551. The highest BCUT2D eigenvalue weighted by Crippen LogP contribution is 2.30. The van der Waals surface area contributed by atoms with Crippen LogP contribution in [0.3, 0.4) is 0 Å². The standard InChI is InChI=1S/C10H9F6N3O3/c1-22-7(20)5(19-8(21)10(14,15)16)2-4-6(9(11,12)13)18-3-17-4/h3,5H,2H2,1H3,(H,17,18)(H,19,21). The van der Waals surface area contributed by atoms with Crippen LogP contribution in [0.5, 0.6) is 0 Å². The molecule has 1 amide bonds. The summed E-state index contributed by atoms with van der Waals surface area (Å²) in [5.74, 6) is -3.81. The molecule has 1 unspecified atom stereocenters. The lowest BCUT2D eigenvalue weighted by molar-refractivity contribution is -0.175. The third kappa shape index (κ3) is 4.36. The minimum absolute atomic E-state index is 0.662. The highest BCUT2D eigenvalue weighted by molar-refractivity contribution is 5.87. The summed E-state index contributed by atoms with van der Waals surface area (Å²) in [5.41, 5.74) is -2.06. The quantitative estimate of drug-likeness (QED) is 0.640. The van der Waals surface area contributed by atoms with Gasteiger partial charge in [-0.25, -0.2) is 9.78 Å². The molecule has 12 heteroatoms. The molecule has 1 heterocycles. The van der Waals surface area contributed by atoms with Gasteiger partial charge in [0.2, 0.25) is 0 Å². The molecule has 0 aliphatic carbocycles. The number of imidazole rings is 1. The van der Waals surface area contributed by atoms with Crippen LogP contribution in [0.2, 0.25) is 0 Å². The molecular formula is C10H9F6N3O3. The summed E-state index contributed by atoms with van der Waals surface area (Å²) < 4.78 is 78.4. The molecule has 0 spiro atoms. The molecule has 1 rings (SSSR count). The topological polar surface area (TPSA) is 84.1 Å². The van der Waals surface area contributed by atoms with Crippen LogP contribution < -0.4 is 5.32 Å². The number of rotatable bonds is 4. The Morgan fingerprint density at radius 3 is 2.36 bits per heavy atom. The van der Waals surface area contributed by atoms with E-state index in [1.54, 1.807) is 0 Å². The lowest BCUT2D eigenvalue weighted by Gasteiger charge is -2.17. The van der Waals surface area contributed by atoms with Crippen LogP contribution in [0.15, 0.2) is 6.33 Å². The SMILES string of the molecule is COC(=O)C(Cc1[nH]cnc1C(F)(F)F)NC(=O)C(F)(F)F. The van der Waals surface area contributed by atoms with Crippen molar-refractivity contribution in [3.63, 3.8) is 0 Å². The molecule has 124 valence electrons. The first-order valence-corrected chi connectivity index (χ1v) is 5.51. The summed E-state index contributed by atoms with van der Waals surface area (Å²) in [7, 11) is 0.812. The van der Waals surface area contributed by atoms with Crippen LogP contribution in [-0.4, -0.2) is 41.2 Å². The van der Waals surface area contributed by atoms with Crippen LogP contribution in [-0.2, 0) is 26.9 Å². The first kappa shape index (κ1) is 17.8. The average Bonchev–Trinajstić information content (AvgIpc) is 2.83. The van der Waals surface area contributed by atoms with E-state index < -0.39 is 48.1 Å². The summed E-state index contributed by atoms with van der Waals surface area (Å²) in [4.78, 5) is 27.2. The molecule has 1 aromatic heterocycles. The van der Waals surface area contributed by atoms with Gasteiger partial charge in [-0.3, -0.25) is 4.79 Å². The molecular weight excluding hydrogens is 324 g/mol. The molecule has 2 N–H and O–H groups in total. The molecule has 1 atom stereocenters. The number of carbonyl (C=O) groups excluding carboxylic acids is 2. The number of alkyl halides is 6. The van der Waals surface area contributed by atoms with E-state index in [9.17, 15) is 35.9 Å². The maximum atomic E-state index is 12.6. The van der Waals surface area contributed by atoms with Crippen LogP contribution in [0.1, 0.15) is 11.4 Å². The van der Waals surface area contributed by atoms with Gasteiger partial charge < -0.3 is 15.0 Å². The number of halogens is 6. The lowest BCUT2D eigenvalue weighted by Crippen LogP contribution is -2.48. The first-order valence-electron chi connectivity index (χ1n) is 5.51. The third-order valence-electron chi connectivity index (χ3n) is 2.44. The predicted molar refractivity (Wildman–Crippen MR) is 57.3 cm³/mol. The van der Waals surface area contributed by atoms with E-state index in [-0.39, 0.29) is 0 Å². The van der Waals surface area contributed by atoms with Gasteiger partial charge in [0.1, 0.15) is 6.04 Å². The van der Waals surface area contributed by atoms with E-state index in [1.165, 1.54) is 5.32 Å². The molecule has 0 aromatic carbocycles. The van der Waals surface area contributed by atoms with Crippen LogP contribution in [0, 0.1) is 0 Å². The van der Waals surface area contributed by atoms with Crippen LogP contribution >= 0.6 is 0 Å². The van der Waals surface area contributed by atoms with Crippen molar-refractivity contribution in [1.82, 2.24) is 15.3 Å². The van der Waals surface area contributed by atoms with Crippen molar-refractivity contribution in [1.29, 1.82) is 0 Å². The van der Waals surface area contributed by atoms with E-state index in [0.29, 0.717) is 6.33 Å². The van der Waals surface area contributed by atoms with Crippen molar-refractivity contribution < 1.29 is 40.7 Å². The number of aromatic nitrogens is 2. The zero-order valence-corrected chi connectivity index (χ0v) is 10.8. The Balaban J connectivity index is 2.99. The Hall–Kier alpha value is -2.27. The van der Waals surface area contributed by atoms with Crippen LogP contribution in [0.25, 0.3) is 0 Å². The molecule has 0 saturated carbocycles. The van der Waals surface area contributed by atoms with Gasteiger partial charge in [-0.2, -0.15) is 26.3 Å². The van der Waals surface area contributed by atoms with Crippen LogP contribution in [0.4, 0.5) is 26.3 Å². The molecule has 1 aromatic rings. The minimum Gasteiger partial charge on any atom is -0.467 e. The number of esters is 1. The molecule has 0 fully saturated rings. The number of hydrogen-bond donors (Lipinski definition) is 2. The van der Waals surface area contributed by atoms with E-state index in [2.05, 4.69) is 14.7 Å². The molecule has 0 aliphatic heterocycles. The largest absolute Gasteiger partial charge is 0.471 e. The highest BCUT2D eigenvalue weighted by Gasteiger charge is 2.42. The van der Waals surface area contributed by atoms with E-state index in [0.717, 1.165) is 7.11 Å².